The van der Waals surface area contributed by atoms with Gasteiger partial charge in [0, 0.05) is 36.8 Å². The molecule has 5 heteroatoms. The van der Waals surface area contributed by atoms with Gasteiger partial charge in [0.25, 0.3) is 0 Å². The minimum atomic E-state index is 0.214. The van der Waals surface area contributed by atoms with E-state index >= 15 is 0 Å². The summed E-state index contributed by atoms with van der Waals surface area (Å²) in [5.41, 5.74) is 3.57. The van der Waals surface area contributed by atoms with Crippen molar-refractivity contribution in [3.8, 4) is 0 Å². The Kier molecular flexibility index (Phi) is 5.80. The second kappa shape index (κ2) is 8.04. The number of hydrogen-bond acceptors (Lipinski definition) is 2. The summed E-state index contributed by atoms with van der Waals surface area (Å²) in [4.78, 5) is 0. The smallest absolute Gasteiger partial charge is 0.0595 e. The first kappa shape index (κ1) is 17.3. The van der Waals surface area contributed by atoms with E-state index in [0.717, 1.165) is 31.6 Å². The first-order chi connectivity index (χ1) is 11.7. The number of nitrogens with zero attached hydrogens (tertiary/aromatic N) is 1. The summed E-state index contributed by atoms with van der Waals surface area (Å²) in [5.74, 6) is 0. The number of aromatic nitrogens is 1. The molecule has 0 atom stereocenters. The predicted octanol–water partition coefficient (Wildman–Crippen LogP) is 4.47. The Labute approximate surface area is 151 Å². The van der Waals surface area contributed by atoms with Crippen molar-refractivity contribution in [3.63, 3.8) is 0 Å². The van der Waals surface area contributed by atoms with Crippen LogP contribution in [0.25, 0.3) is 10.9 Å². The lowest BCUT2D eigenvalue weighted by Crippen LogP contribution is -2.15. The van der Waals surface area contributed by atoms with Crippen molar-refractivity contribution in [2.45, 2.75) is 19.5 Å². The first-order valence-corrected chi connectivity index (χ1v) is 8.77. The molecular formula is C19H20Cl2N2O. The molecule has 0 aliphatic carbocycles. The number of aliphatic hydroxyl groups excluding tert-OH is 1. The predicted molar refractivity (Wildman–Crippen MR) is 101 cm³/mol. The second-order valence-electron chi connectivity index (χ2n) is 5.80. The molecule has 1 heterocycles. The molecule has 2 N–H and O–H groups in total. The summed E-state index contributed by atoms with van der Waals surface area (Å²) in [6, 6.07) is 14.1. The van der Waals surface area contributed by atoms with Gasteiger partial charge in [0.15, 0.2) is 0 Å². The van der Waals surface area contributed by atoms with Crippen LogP contribution >= 0.6 is 23.2 Å². The summed E-state index contributed by atoms with van der Waals surface area (Å²) in [7, 11) is 0. The molecule has 0 bridgehead atoms. The fourth-order valence-corrected chi connectivity index (χ4v) is 3.18. The number of rotatable bonds is 7. The molecular weight excluding hydrogens is 343 g/mol. The van der Waals surface area contributed by atoms with Crippen LogP contribution in [-0.4, -0.2) is 22.8 Å². The van der Waals surface area contributed by atoms with Crippen LogP contribution in [0.5, 0.6) is 0 Å². The van der Waals surface area contributed by atoms with Crippen LogP contribution in [0.3, 0.4) is 0 Å². The number of halogens is 2. The second-order valence-corrected chi connectivity index (χ2v) is 6.62. The summed E-state index contributed by atoms with van der Waals surface area (Å²) in [5, 5.41) is 14.7. The van der Waals surface area contributed by atoms with Crippen LogP contribution in [0.2, 0.25) is 10.0 Å². The molecule has 0 unspecified atom stereocenters. The third kappa shape index (κ3) is 3.93. The maximum Gasteiger partial charge on any atom is 0.0595 e. The van der Waals surface area contributed by atoms with Crippen molar-refractivity contribution in [2.75, 3.05) is 13.2 Å². The third-order valence-electron chi connectivity index (χ3n) is 4.04. The van der Waals surface area contributed by atoms with E-state index in [9.17, 15) is 0 Å². The number of benzene rings is 2. The minimum Gasteiger partial charge on any atom is -0.396 e. The summed E-state index contributed by atoms with van der Waals surface area (Å²) < 4.78 is 2.23. The summed E-state index contributed by atoms with van der Waals surface area (Å²) >= 11 is 12.1. The fraction of sp³-hybridized carbons (Fsp3) is 0.263. The van der Waals surface area contributed by atoms with Crippen molar-refractivity contribution < 1.29 is 5.11 Å². The third-order valence-corrected chi connectivity index (χ3v) is 4.77. The average molecular weight is 363 g/mol. The van der Waals surface area contributed by atoms with Crippen molar-refractivity contribution in [1.82, 2.24) is 9.88 Å². The lowest BCUT2D eigenvalue weighted by Gasteiger charge is -2.07. The first-order valence-electron chi connectivity index (χ1n) is 8.01. The van der Waals surface area contributed by atoms with E-state index < -0.39 is 0 Å². The Morgan fingerprint density at radius 2 is 1.88 bits per heavy atom. The molecule has 0 saturated carbocycles. The van der Waals surface area contributed by atoms with E-state index in [4.69, 9.17) is 28.3 Å². The Hall–Kier alpha value is -1.52. The van der Waals surface area contributed by atoms with Gasteiger partial charge in [-0.05, 0) is 42.3 Å². The highest BCUT2D eigenvalue weighted by molar-refractivity contribution is 6.42. The molecule has 0 saturated heterocycles. The number of aliphatic hydroxyl groups is 1. The number of fused-ring (bicyclic) bond motifs is 1. The summed E-state index contributed by atoms with van der Waals surface area (Å²) in [6.45, 7) is 2.55. The molecule has 0 aliphatic rings. The highest BCUT2D eigenvalue weighted by Crippen LogP contribution is 2.26. The molecule has 0 aliphatic heterocycles. The Morgan fingerprint density at radius 1 is 1.04 bits per heavy atom. The van der Waals surface area contributed by atoms with E-state index in [1.54, 1.807) is 0 Å². The Balaban J connectivity index is 1.86. The number of para-hydroxylation sites is 1. The fourth-order valence-electron chi connectivity index (χ4n) is 2.86. The SMILES string of the molecule is OCCCNCc1cn(Cc2ccc(Cl)c(Cl)c2)c2ccccc12. The van der Waals surface area contributed by atoms with Crippen molar-refractivity contribution in [1.29, 1.82) is 0 Å². The van der Waals surface area contributed by atoms with Crippen molar-refractivity contribution in [2.24, 2.45) is 0 Å². The molecule has 3 nitrogen and oxygen atoms in total. The van der Waals surface area contributed by atoms with Gasteiger partial charge < -0.3 is 15.0 Å². The van der Waals surface area contributed by atoms with E-state index in [1.165, 1.54) is 16.5 Å². The molecule has 2 aromatic carbocycles. The van der Waals surface area contributed by atoms with Crippen molar-refractivity contribution in [3.05, 3.63) is 69.8 Å². The molecule has 126 valence electrons. The van der Waals surface area contributed by atoms with Crippen LogP contribution in [0, 0.1) is 0 Å². The van der Waals surface area contributed by atoms with Gasteiger partial charge in [-0.3, -0.25) is 0 Å². The van der Waals surface area contributed by atoms with Gasteiger partial charge in [0.1, 0.15) is 0 Å². The van der Waals surface area contributed by atoms with E-state index in [2.05, 4.69) is 40.3 Å². The van der Waals surface area contributed by atoms with Crippen LogP contribution in [-0.2, 0) is 13.1 Å². The zero-order chi connectivity index (χ0) is 16.9. The molecule has 3 rings (SSSR count). The molecule has 1 aromatic heterocycles. The minimum absolute atomic E-state index is 0.214. The molecule has 0 spiro atoms. The quantitative estimate of drug-likeness (QED) is 0.608. The Bertz CT molecular complexity index is 829. The number of nitrogens with one attached hydrogen (secondary N) is 1. The highest BCUT2D eigenvalue weighted by atomic mass is 35.5. The van der Waals surface area contributed by atoms with E-state index in [-0.39, 0.29) is 6.61 Å². The standard InChI is InChI=1S/C19H20Cl2N2O/c20-17-7-6-14(10-18(17)21)12-23-13-15(11-22-8-3-9-24)16-4-1-2-5-19(16)23/h1-2,4-7,10,13,22,24H,3,8-9,11-12H2. The maximum atomic E-state index is 8.88. The molecule has 3 aromatic rings. The highest BCUT2D eigenvalue weighted by Gasteiger charge is 2.09. The van der Waals surface area contributed by atoms with Gasteiger partial charge in [0.05, 0.1) is 10.0 Å². The van der Waals surface area contributed by atoms with E-state index in [0.29, 0.717) is 10.0 Å². The van der Waals surface area contributed by atoms with Crippen LogP contribution < -0.4 is 5.32 Å². The van der Waals surface area contributed by atoms with Crippen LogP contribution in [0.1, 0.15) is 17.5 Å². The van der Waals surface area contributed by atoms with Crippen molar-refractivity contribution >= 4 is 34.1 Å². The topological polar surface area (TPSA) is 37.2 Å². The van der Waals surface area contributed by atoms with Gasteiger partial charge in [-0.15, -0.1) is 0 Å². The summed E-state index contributed by atoms with van der Waals surface area (Å²) in [6.07, 6.45) is 2.95. The van der Waals surface area contributed by atoms with Gasteiger partial charge in [-0.25, -0.2) is 0 Å². The zero-order valence-corrected chi connectivity index (χ0v) is 14.8. The molecule has 0 fully saturated rings. The largest absolute Gasteiger partial charge is 0.396 e. The number of hydrogen-bond donors (Lipinski definition) is 2. The van der Waals surface area contributed by atoms with E-state index in [1.807, 2.05) is 18.2 Å². The lowest BCUT2D eigenvalue weighted by molar-refractivity contribution is 0.286. The molecule has 0 radical (unpaired) electrons. The maximum absolute atomic E-state index is 8.88. The lowest BCUT2D eigenvalue weighted by atomic mass is 10.2. The molecule has 0 amide bonds. The monoisotopic (exact) mass is 362 g/mol. The zero-order valence-electron chi connectivity index (χ0n) is 13.3. The molecule has 24 heavy (non-hydrogen) atoms. The van der Waals surface area contributed by atoms with Gasteiger partial charge in [-0.1, -0.05) is 47.5 Å². The van der Waals surface area contributed by atoms with Gasteiger partial charge in [0.2, 0.25) is 0 Å². The van der Waals surface area contributed by atoms with Gasteiger partial charge in [-0.2, -0.15) is 0 Å². The normalized spacial score (nSPS) is 11.3. The van der Waals surface area contributed by atoms with Crippen LogP contribution in [0.15, 0.2) is 48.7 Å². The Morgan fingerprint density at radius 3 is 2.67 bits per heavy atom. The average Bonchev–Trinajstić information content (AvgIpc) is 2.93. The van der Waals surface area contributed by atoms with Crippen LogP contribution in [0.4, 0.5) is 0 Å². The van der Waals surface area contributed by atoms with Gasteiger partial charge >= 0.3 is 0 Å².